The molecule has 8 nitrogen and oxygen atoms in total. The van der Waals surface area contributed by atoms with Crippen molar-refractivity contribution in [2.75, 3.05) is 11.5 Å². The summed E-state index contributed by atoms with van der Waals surface area (Å²) in [4.78, 5) is 27.0. The van der Waals surface area contributed by atoms with Crippen LogP contribution in [0.4, 0.5) is 0 Å². The van der Waals surface area contributed by atoms with Gasteiger partial charge in [0, 0.05) is 23.2 Å². The standard InChI is InChI=1S/C25H38N2O6S2/c1-15(21(29)27-19-12-17-7-9-25(19,23(17,4)5)14-35(27,32)33)10-20(28)26-18-11-16-6-8-24(18,22(16,2)3)13-34(26,30)31/h15-19H,6-14H2,1-5H3/t15-,16+,17+,18+,19+,24+,25+/m1/s1. The molecule has 6 aliphatic rings. The van der Waals surface area contributed by atoms with Crippen molar-refractivity contribution < 1.29 is 26.4 Å². The third-order valence-electron chi connectivity index (χ3n) is 12.2. The summed E-state index contributed by atoms with van der Waals surface area (Å²) in [5.41, 5.74) is -1.13. The van der Waals surface area contributed by atoms with Crippen LogP contribution in [0, 0.1) is 39.4 Å². The number of fused-ring (bicyclic) bond motifs is 2. The molecular weight excluding hydrogens is 488 g/mol. The topological polar surface area (TPSA) is 109 Å². The van der Waals surface area contributed by atoms with E-state index in [1.165, 1.54) is 0 Å². The molecule has 0 aromatic carbocycles. The first kappa shape index (κ1) is 24.2. The zero-order valence-corrected chi connectivity index (χ0v) is 23.0. The van der Waals surface area contributed by atoms with E-state index in [1.54, 1.807) is 6.92 Å². The molecule has 4 bridgehead atoms. The number of carbonyl (C=O) groups is 2. The Morgan fingerprint density at radius 2 is 1.23 bits per heavy atom. The van der Waals surface area contributed by atoms with Crippen molar-refractivity contribution in [2.24, 2.45) is 39.4 Å². The first-order chi connectivity index (χ1) is 16.0. The van der Waals surface area contributed by atoms with Gasteiger partial charge in [-0.3, -0.25) is 9.59 Å². The van der Waals surface area contributed by atoms with Gasteiger partial charge in [0.25, 0.3) is 0 Å². The van der Waals surface area contributed by atoms with E-state index in [1.807, 2.05) is 0 Å². The van der Waals surface area contributed by atoms with Gasteiger partial charge in [0.05, 0.1) is 23.6 Å². The first-order valence-electron chi connectivity index (χ1n) is 13.1. The van der Waals surface area contributed by atoms with Crippen molar-refractivity contribution in [1.29, 1.82) is 0 Å². The Hall–Kier alpha value is -1.16. The number of hydrogen-bond acceptors (Lipinski definition) is 6. The molecule has 6 rings (SSSR count). The SMILES string of the molecule is C[C@H](CC(=O)N1[C@H]2C[C@@H]3CC[C@@]2(CS1(=O)=O)C3(C)C)C(=O)N1[C@H]2C[C@@H]3CC[C@@]2(CS1(=O)=O)C3(C)C. The fraction of sp³-hybridized carbons (Fsp3) is 0.920. The maximum Gasteiger partial charge on any atom is 0.239 e. The normalized spacial score (nSPS) is 45.5. The molecule has 7 atom stereocenters. The van der Waals surface area contributed by atoms with E-state index in [4.69, 9.17) is 0 Å². The number of amides is 2. The van der Waals surface area contributed by atoms with Crippen LogP contribution in [0.5, 0.6) is 0 Å². The molecule has 6 fully saturated rings. The molecule has 0 radical (unpaired) electrons. The van der Waals surface area contributed by atoms with Crippen LogP contribution in [0.2, 0.25) is 0 Å². The number of sulfonamides is 2. The molecule has 2 spiro atoms. The predicted molar refractivity (Wildman–Crippen MR) is 130 cm³/mol. The van der Waals surface area contributed by atoms with Crippen molar-refractivity contribution >= 4 is 31.9 Å². The van der Waals surface area contributed by atoms with E-state index < -0.39 is 48.6 Å². The Balaban J connectivity index is 1.24. The van der Waals surface area contributed by atoms with Gasteiger partial charge in [-0.25, -0.2) is 25.4 Å². The molecule has 4 aliphatic carbocycles. The molecule has 10 heteroatoms. The fourth-order valence-electron chi connectivity index (χ4n) is 9.85. The summed E-state index contributed by atoms with van der Waals surface area (Å²) < 4.78 is 55.2. The highest BCUT2D eigenvalue weighted by Crippen LogP contribution is 2.71. The van der Waals surface area contributed by atoms with E-state index in [-0.39, 0.29) is 40.8 Å². The van der Waals surface area contributed by atoms with Gasteiger partial charge in [0.15, 0.2) is 0 Å². The molecular formula is C25H38N2O6S2. The van der Waals surface area contributed by atoms with Crippen molar-refractivity contribution in [2.45, 2.75) is 91.6 Å². The van der Waals surface area contributed by atoms with Crippen LogP contribution < -0.4 is 0 Å². The molecule has 0 N–H and O–H groups in total. The highest BCUT2D eigenvalue weighted by molar-refractivity contribution is 7.90. The van der Waals surface area contributed by atoms with Crippen LogP contribution in [-0.4, -0.2) is 60.8 Å². The lowest BCUT2D eigenvalue weighted by Gasteiger charge is -2.37. The summed E-state index contributed by atoms with van der Waals surface area (Å²) in [7, 11) is -7.55. The lowest BCUT2D eigenvalue weighted by molar-refractivity contribution is -0.138. The van der Waals surface area contributed by atoms with Crippen molar-refractivity contribution in [3.05, 3.63) is 0 Å². The van der Waals surface area contributed by atoms with Crippen LogP contribution in [0.1, 0.15) is 79.6 Å². The highest BCUT2D eigenvalue weighted by atomic mass is 32.2. The fourth-order valence-corrected chi connectivity index (χ4v) is 15.0. The van der Waals surface area contributed by atoms with E-state index in [2.05, 4.69) is 27.7 Å². The zero-order chi connectivity index (χ0) is 25.6. The number of hydrogen-bond donors (Lipinski definition) is 0. The Morgan fingerprint density at radius 3 is 1.69 bits per heavy atom. The minimum Gasteiger partial charge on any atom is -0.274 e. The second kappa shape index (κ2) is 6.63. The van der Waals surface area contributed by atoms with Gasteiger partial charge in [-0.1, -0.05) is 34.6 Å². The maximum absolute atomic E-state index is 13.6. The van der Waals surface area contributed by atoms with Crippen molar-refractivity contribution in [1.82, 2.24) is 8.61 Å². The summed E-state index contributed by atoms with van der Waals surface area (Å²) in [6.07, 6.45) is 4.67. The quantitative estimate of drug-likeness (QED) is 0.559. The summed E-state index contributed by atoms with van der Waals surface area (Å²) in [6.45, 7) is 10.1. The number of rotatable bonds is 3. The second-order valence-electron chi connectivity index (χ2n) is 13.7. The largest absolute Gasteiger partial charge is 0.274 e. The van der Waals surface area contributed by atoms with E-state index in [0.29, 0.717) is 24.7 Å². The minimum atomic E-state index is -3.78. The van der Waals surface area contributed by atoms with Crippen molar-refractivity contribution in [3.8, 4) is 0 Å². The van der Waals surface area contributed by atoms with Gasteiger partial charge in [-0.2, -0.15) is 0 Å². The molecule has 0 unspecified atom stereocenters. The van der Waals surface area contributed by atoms with Crippen LogP contribution in [0.3, 0.4) is 0 Å². The summed E-state index contributed by atoms with van der Waals surface area (Å²) in [5, 5.41) is 0. The average molecular weight is 527 g/mol. The highest BCUT2D eigenvalue weighted by Gasteiger charge is 2.73. The van der Waals surface area contributed by atoms with E-state index >= 15 is 0 Å². The molecule has 2 amide bonds. The summed E-state index contributed by atoms with van der Waals surface area (Å²) >= 11 is 0. The first-order valence-corrected chi connectivity index (χ1v) is 16.3. The third-order valence-corrected chi connectivity index (χ3v) is 16.0. The lowest BCUT2D eigenvalue weighted by atomic mass is 9.69. The Labute approximate surface area is 209 Å². The average Bonchev–Trinajstić information content (AvgIpc) is 3.41. The number of nitrogens with zero attached hydrogens (tertiary/aromatic N) is 2. The van der Waals surface area contributed by atoms with Gasteiger partial charge in [-0.05, 0) is 61.2 Å². The number of carbonyl (C=O) groups excluding carboxylic acids is 2. The Kier molecular flexibility index (Phi) is 4.59. The lowest BCUT2D eigenvalue weighted by Crippen LogP contribution is -2.48. The van der Waals surface area contributed by atoms with Gasteiger partial charge >= 0.3 is 0 Å². The molecule has 35 heavy (non-hydrogen) atoms. The monoisotopic (exact) mass is 526 g/mol. The van der Waals surface area contributed by atoms with Crippen molar-refractivity contribution in [3.63, 3.8) is 0 Å². The molecule has 2 saturated heterocycles. The van der Waals surface area contributed by atoms with Gasteiger partial charge < -0.3 is 0 Å². The second-order valence-corrected chi connectivity index (χ2v) is 17.4. The summed E-state index contributed by atoms with van der Waals surface area (Å²) in [5.74, 6) is -1.25. The zero-order valence-electron chi connectivity index (χ0n) is 21.4. The third kappa shape index (κ3) is 2.64. The predicted octanol–water partition coefficient (Wildman–Crippen LogP) is 2.75. The minimum absolute atomic E-state index is 0.0101. The Bertz CT molecular complexity index is 1240. The van der Waals surface area contributed by atoms with Crippen LogP contribution in [-0.2, 0) is 29.6 Å². The molecule has 196 valence electrons. The molecule has 0 aromatic heterocycles. The van der Waals surface area contributed by atoms with Crippen LogP contribution >= 0.6 is 0 Å². The van der Waals surface area contributed by atoms with Gasteiger partial charge in [0.1, 0.15) is 0 Å². The molecule has 2 aliphatic heterocycles. The van der Waals surface area contributed by atoms with Gasteiger partial charge in [-0.15, -0.1) is 0 Å². The van der Waals surface area contributed by atoms with Crippen LogP contribution in [0.25, 0.3) is 0 Å². The summed E-state index contributed by atoms with van der Waals surface area (Å²) in [6, 6.07) is -0.697. The van der Waals surface area contributed by atoms with Gasteiger partial charge in [0.2, 0.25) is 31.9 Å². The maximum atomic E-state index is 13.6. The molecule has 2 heterocycles. The Morgan fingerprint density at radius 1 is 0.800 bits per heavy atom. The smallest absolute Gasteiger partial charge is 0.239 e. The molecule has 4 saturated carbocycles. The van der Waals surface area contributed by atoms with E-state index in [0.717, 1.165) is 34.3 Å². The molecule has 0 aromatic rings. The van der Waals surface area contributed by atoms with Crippen LogP contribution in [0.15, 0.2) is 0 Å². The van der Waals surface area contributed by atoms with E-state index in [9.17, 15) is 26.4 Å².